The van der Waals surface area contributed by atoms with Crippen LogP contribution in [0.2, 0.25) is 0 Å². The molecule has 0 aliphatic carbocycles. The predicted octanol–water partition coefficient (Wildman–Crippen LogP) is 2.15. The van der Waals surface area contributed by atoms with Gasteiger partial charge in [0, 0.05) is 34.6 Å². The lowest BCUT2D eigenvalue weighted by atomic mass is 9.93. The van der Waals surface area contributed by atoms with Gasteiger partial charge in [0.05, 0.1) is 23.6 Å². The summed E-state index contributed by atoms with van der Waals surface area (Å²) in [6.07, 6.45) is -1.57. The molecule has 0 radical (unpaired) electrons. The van der Waals surface area contributed by atoms with E-state index in [0.29, 0.717) is 40.3 Å². The summed E-state index contributed by atoms with van der Waals surface area (Å²) in [7, 11) is 0. The molecule has 124 valence electrons. The van der Waals surface area contributed by atoms with E-state index in [9.17, 15) is 10.2 Å². The fraction of sp³-hybridized carbons (Fsp3) is 0.294. The van der Waals surface area contributed by atoms with Gasteiger partial charge in [-0.25, -0.2) is 0 Å². The van der Waals surface area contributed by atoms with Gasteiger partial charge in [-0.15, -0.1) is 0 Å². The first kappa shape index (κ1) is 16.9. The number of para-hydroxylation sites is 2. The Morgan fingerprint density at radius 1 is 1.00 bits per heavy atom. The summed E-state index contributed by atoms with van der Waals surface area (Å²) in [4.78, 5) is 0. The van der Waals surface area contributed by atoms with Crippen molar-refractivity contribution in [3.63, 3.8) is 0 Å². The second-order valence-electron chi connectivity index (χ2n) is 5.65. The highest BCUT2D eigenvalue weighted by atomic mass is 16.3. The van der Waals surface area contributed by atoms with Gasteiger partial charge in [-0.1, -0.05) is 12.1 Å². The SMILES string of the molecule is CC(O)c1cc(N)c(CNc2ccccc2N)c(C(C)O)c1N. The number of nitrogens with two attached hydrogens (primary N) is 3. The van der Waals surface area contributed by atoms with E-state index in [2.05, 4.69) is 5.32 Å². The van der Waals surface area contributed by atoms with Crippen LogP contribution < -0.4 is 22.5 Å². The van der Waals surface area contributed by atoms with Gasteiger partial charge < -0.3 is 32.7 Å². The molecule has 6 nitrogen and oxygen atoms in total. The highest BCUT2D eigenvalue weighted by molar-refractivity contribution is 5.70. The smallest absolute Gasteiger partial charge is 0.0786 e. The Labute approximate surface area is 135 Å². The maximum absolute atomic E-state index is 10.1. The van der Waals surface area contributed by atoms with Crippen molar-refractivity contribution in [3.05, 3.63) is 47.0 Å². The molecule has 2 aromatic rings. The molecule has 0 bridgehead atoms. The van der Waals surface area contributed by atoms with Crippen LogP contribution in [0.3, 0.4) is 0 Å². The molecule has 0 saturated heterocycles. The van der Waals surface area contributed by atoms with Crippen LogP contribution >= 0.6 is 0 Å². The standard InChI is InChI=1S/C17H24N4O2/c1-9(22)11-7-14(19)12(16(10(2)23)17(11)20)8-21-15-6-4-3-5-13(15)18/h3-7,9-10,21-23H,8,18-20H2,1-2H3. The molecule has 0 aliphatic heterocycles. The van der Waals surface area contributed by atoms with E-state index >= 15 is 0 Å². The Bertz CT molecular complexity index is 699. The lowest BCUT2D eigenvalue weighted by Gasteiger charge is -2.22. The van der Waals surface area contributed by atoms with Gasteiger partial charge in [-0.2, -0.15) is 0 Å². The molecule has 0 saturated carbocycles. The van der Waals surface area contributed by atoms with Gasteiger partial charge in [-0.05, 0) is 32.0 Å². The fourth-order valence-electron chi connectivity index (χ4n) is 2.67. The maximum Gasteiger partial charge on any atom is 0.0786 e. The van der Waals surface area contributed by atoms with Crippen LogP contribution in [0, 0.1) is 0 Å². The minimum absolute atomic E-state index is 0.363. The van der Waals surface area contributed by atoms with Crippen LogP contribution in [0.25, 0.3) is 0 Å². The minimum Gasteiger partial charge on any atom is -0.398 e. The van der Waals surface area contributed by atoms with Crippen molar-refractivity contribution in [3.8, 4) is 0 Å². The molecule has 0 amide bonds. The van der Waals surface area contributed by atoms with Crippen LogP contribution in [0.5, 0.6) is 0 Å². The van der Waals surface area contributed by atoms with Gasteiger partial charge in [0.2, 0.25) is 0 Å². The van der Waals surface area contributed by atoms with Crippen molar-refractivity contribution in [1.82, 2.24) is 0 Å². The zero-order chi connectivity index (χ0) is 17.1. The molecular weight excluding hydrogens is 292 g/mol. The van der Waals surface area contributed by atoms with E-state index in [0.717, 1.165) is 5.69 Å². The van der Waals surface area contributed by atoms with E-state index in [1.165, 1.54) is 0 Å². The van der Waals surface area contributed by atoms with E-state index in [-0.39, 0.29) is 0 Å². The summed E-state index contributed by atoms with van der Waals surface area (Å²) in [5.41, 5.74) is 22.1. The number of hydrogen-bond acceptors (Lipinski definition) is 6. The van der Waals surface area contributed by atoms with Crippen molar-refractivity contribution < 1.29 is 10.2 Å². The van der Waals surface area contributed by atoms with Crippen molar-refractivity contribution in [1.29, 1.82) is 0 Å². The van der Waals surface area contributed by atoms with Crippen molar-refractivity contribution in [2.24, 2.45) is 0 Å². The van der Waals surface area contributed by atoms with Gasteiger partial charge >= 0.3 is 0 Å². The Kier molecular flexibility index (Phi) is 4.98. The molecule has 2 unspecified atom stereocenters. The lowest BCUT2D eigenvalue weighted by molar-refractivity contribution is 0.193. The molecule has 0 aromatic heterocycles. The van der Waals surface area contributed by atoms with Gasteiger partial charge in [0.25, 0.3) is 0 Å². The number of hydrogen-bond donors (Lipinski definition) is 6. The molecule has 23 heavy (non-hydrogen) atoms. The van der Waals surface area contributed by atoms with Crippen molar-refractivity contribution in [2.75, 3.05) is 22.5 Å². The average Bonchev–Trinajstić information content (AvgIpc) is 2.48. The zero-order valence-corrected chi connectivity index (χ0v) is 13.4. The van der Waals surface area contributed by atoms with Gasteiger partial charge in [-0.3, -0.25) is 0 Å². The molecule has 0 aliphatic rings. The fourth-order valence-corrected chi connectivity index (χ4v) is 2.67. The topological polar surface area (TPSA) is 131 Å². The number of aliphatic hydroxyl groups is 2. The Morgan fingerprint density at radius 3 is 2.22 bits per heavy atom. The lowest BCUT2D eigenvalue weighted by Crippen LogP contribution is -2.14. The first-order valence-corrected chi connectivity index (χ1v) is 7.48. The predicted molar refractivity (Wildman–Crippen MR) is 94.7 cm³/mol. The summed E-state index contributed by atoms with van der Waals surface area (Å²) >= 11 is 0. The van der Waals surface area contributed by atoms with Crippen LogP contribution in [-0.2, 0) is 6.54 Å². The monoisotopic (exact) mass is 316 g/mol. The zero-order valence-electron chi connectivity index (χ0n) is 13.4. The second kappa shape index (κ2) is 6.76. The number of benzene rings is 2. The minimum atomic E-state index is -0.805. The molecule has 0 heterocycles. The molecule has 2 rings (SSSR count). The summed E-state index contributed by atoms with van der Waals surface area (Å²) in [5, 5.41) is 23.1. The Hall–Kier alpha value is -2.44. The third-order valence-corrected chi connectivity index (χ3v) is 3.87. The largest absolute Gasteiger partial charge is 0.398 e. The summed E-state index contributed by atoms with van der Waals surface area (Å²) in [6.45, 7) is 3.60. The van der Waals surface area contributed by atoms with Gasteiger partial charge in [0.1, 0.15) is 0 Å². The van der Waals surface area contributed by atoms with Crippen LogP contribution in [-0.4, -0.2) is 10.2 Å². The number of nitrogen functional groups attached to an aromatic ring is 3. The van der Waals surface area contributed by atoms with E-state index in [4.69, 9.17) is 17.2 Å². The second-order valence-corrected chi connectivity index (χ2v) is 5.65. The van der Waals surface area contributed by atoms with Crippen LogP contribution in [0.1, 0.15) is 42.7 Å². The summed E-state index contributed by atoms with van der Waals surface area (Å²) < 4.78 is 0. The number of nitrogens with one attached hydrogen (secondary N) is 1. The third kappa shape index (κ3) is 3.49. The summed E-state index contributed by atoms with van der Waals surface area (Å²) in [5.74, 6) is 0. The molecule has 0 fully saturated rings. The van der Waals surface area contributed by atoms with Gasteiger partial charge in [0.15, 0.2) is 0 Å². The first-order chi connectivity index (χ1) is 10.8. The maximum atomic E-state index is 10.1. The first-order valence-electron chi connectivity index (χ1n) is 7.48. The summed E-state index contributed by atoms with van der Waals surface area (Å²) in [6, 6.07) is 9.04. The molecular formula is C17H24N4O2. The molecule has 2 aromatic carbocycles. The van der Waals surface area contributed by atoms with Crippen molar-refractivity contribution in [2.45, 2.75) is 32.6 Å². The van der Waals surface area contributed by atoms with Crippen LogP contribution in [0.15, 0.2) is 30.3 Å². The van der Waals surface area contributed by atoms with E-state index < -0.39 is 12.2 Å². The highest BCUT2D eigenvalue weighted by Gasteiger charge is 2.20. The Balaban J connectivity index is 2.42. The number of rotatable bonds is 5. The third-order valence-electron chi connectivity index (χ3n) is 3.87. The van der Waals surface area contributed by atoms with E-state index in [1.807, 2.05) is 18.2 Å². The molecule has 2 atom stereocenters. The van der Waals surface area contributed by atoms with Crippen molar-refractivity contribution >= 4 is 22.7 Å². The van der Waals surface area contributed by atoms with Crippen LogP contribution in [0.4, 0.5) is 22.7 Å². The number of aliphatic hydroxyl groups excluding tert-OH is 2. The highest BCUT2D eigenvalue weighted by Crippen LogP contribution is 2.35. The normalized spacial score (nSPS) is 13.6. The quantitative estimate of drug-likeness (QED) is 0.469. The molecule has 0 spiro atoms. The Morgan fingerprint density at radius 2 is 1.65 bits per heavy atom. The molecule has 6 heteroatoms. The van der Waals surface area contributed by atoms with E-state index in [1.54, 1.807) is 26.0 Å². The number of anilines is 4. The average molecular weight is 316 g/mol. The molecule has 9 N–H and O–H groups in total.